The maximum Gasteiger partial charge on any atom is 0.0117 e. The molecule has 0 aromatic rings. The lowest BCUT2D eigenvalue weighted by atomic mass is 9.94. The normalized spacial score (nSPS) is 31.0. The molecule has 2 aliphatic heterocycles. The first kappa shape index (κ1) is 14.3. The zero-order valence-electron chi connectivity index (χ0n) is 12.3. The van der Waals surface area contributed by atoms with Crippen molar-refractivity contribution in [2.24, 2.45) is 5.92 Å². The second kappa shape index (κ2) is 7.46. The van der Waals surface area contributed by atoms with Crippen molar-refractivity contribution >= 4 is 0 Å². The first-order valence-corrected chi connectivity index (χ1v) is 7.97. The van der Waals surface area contributed by atoms with Crippen molar-refractivity contribution in [1.82, 2.24) is 15.1 Å². The molecule has 0 amide bonds. The van der Waals surface area contributed by atoms with Gasteiger partial charge in [-0.15, -0.1) is 0 Å². The van der Waals surface area contributed by atoms with Gasteiger partial charge in [0, 0.05) is 25.7 Å². The average Bonchev–Trinajstić information content (AvgIpc) is 2.88. The lowest BCUT2D eigenvalue weighted by Gasteiger charge is -2.38. The van der Waals surface area contributed by atoms with E-state index in [1.807, 2.05) is 0 Å². The quantitative estimate of drug-likeness (QED) is 0.778. The SMILES string of the molecule is CCCNC1CCN(CCN2CCCC2)CC1C. The van der Waals surface area contributed by atoms with Crippen LogP contribution in [0.4, 0.5) is 0 Å². The molecule has 0 bridgehead atoms. The van der Waals surface area contributed by atoms with E-state index in [0.29, 0.717) is 0 Å². The van der Waals surface area contributed by atoms with Crippen molar-refractivity contribution < 1.29 is 0 Å². The Morgan fingerprint density at radius 2 is 1.78 bits per heavy atom. The van der Waals surface area contributed by atoms with Gasteiger partial charge in [0.1, 0.15) is 0 Å². The highest BCUT2D eigenvalue weighted by Gasteiger charge is 2.25. The third-order valence-electron chi connectivity index (χ3n) is 4.58. The number of hydrogen-bond acceptors (Lipinski definition) is 3. The van der Waals surface area contributed by atoms with E-state index in [-0.39, 0.29) is 0 Å². The molecule has 2 atom stereocenters. The Morgan fingerprint density at radius 1 is 1.06 bits per heavy atom. The average molecular weight is 253 g/mol. The molecule has 0 saturated carbocycles. The fourth-order valence-corrected chi connectivity index (χ4v) is 3.36. The highest BCUT2D eigenvalue weighted by Crippen LogP contribution is 2.17. The summed E-state index contributed by atoms with van der Waals surface area (Å²) in [5.74, 6) is 0.809. The predicted molar refractivity (Wildman–Crippen MR) is 78.0 cm³/mol. The number of rotatable bonds is 6. The first-order chi connectivity index (χ1) is 8.79. The van der Waals surface area contributed by atoms with Gasteiger partial charge in [-0.3, -0.25) is 0 Å². The lowest BCUT2D eigenvalue weighted by Crippen LogP contribution is -2.49. The van der Waals surface area contributed by atoms with E-state index in [4.69, 9.17) is 0 Å². The van der Waals surface area contributed by atoms with Crippen molar-refractivity contribution in [1.29, 1.82) is 0 Å². The van der Waals surface area contributed by atoms with Crippen LogP contribution in [0.1, 0.15) is 39.5 Å². The number of piperidine rings is 1. The Balaban J connectivity index is 1.64. The van der Waals surface area contributed by atoms with Crippen LogP contribution >= 0.6 is 0 Å². The summed E-state index contributed by atoms with van der Waals surface area (Å²) in [5.41, 5.74) is 0. The molecule has 18 heavy (non-hydrogen) atoms. The molecule has 2 aliphatic rings. The minimum Gasteiger partial charge on any atom is -0.314 e. The van der Waals surface area contributed by atoms with Gasteiger partial charge in [0.25, 0.3) is 0 Å². The van der Waals surface area contributed by atoms with Gasteiger partial charge in [0.15, 0.2) is 0 Å². The Morgan fingerprint density at radius 3 is 2.44 bits per heavy atom. The van der Waals surface area contributed by atoms with Crippen molar-refractivity contribution in [3.63, 3.8) is 0 Å². The molecule has 0 aromatic heterocycles. The van der Waals surface area contributed by atoms with E-state index < -0.39 is 0 Å². The van der Waals surface area contributed by atoms with Gasteiger partial charge in [-0.05, 0) is 57.8 Å². The van der Waals surface area contributed by atoms with E-state index >= 15 is 0 Å². The fraction of sp³-hybridized carbons (Fsp3) is 1.00. The van der Waals surface area contributed by atoms with Crippen molar-refractivity contribution in [2.45, 2.75) is 45.6 Å². The third-order valence-corrected chi connectivity index (χ3v) is 4.58. The van der Waals surface area contributed by atoms with Crippen LogP contribution in [0.2, 0.25) is 0 Å². The van der Waals surface area contributed by atoms with Crippen LogP contribution in [0, 0.1) is 5.92 Å². The number of hydrogen-bond donors (Lipinski definition) is 1. The summed E-state index contributed by atoms with van der Waals surface area (Å²) in [6, 6.07) is 0.757. The number of nitrogens with one attached hydrogen (secondary N) is 1. The maximum atomic E-state index is 3.70. The molecular weight excluding hydrogens is 222 g/mol. The second-order valence-corrected chi connectivity index (χ2v) is 6.18. The van der Waals surface area contributed by atoms with E-state index in [1.54, 1.807) is 0 Å². The van der Waals surface area contributed by atoms with Gasteiger partial charge in [0.05, 0.1) is 0 Å². The molecule has 2 heterocycles. The first-order valence-electron chi connectivity index (χ1n) is 7.97. The second-order valence-electron chi connectivity index (χ2n) is 6.18. The Bertz CT molecular complexity index is 226. The van der Waals surface area contributed by atoms with Crippen molar-refractivity contribution in [3.8, 4) is 0 Å². The molecule has 1 N–H and O–H groups in total. The largest absolute Gasteiger partial charge is 0.314 e. The van der Waals surface area contributed by atoms with Gasteiger partial charge in [-0.25, -0.2) is 0 Å². The lowest BCUT2D eigenvalue weighted by molar-refractivity contribution is 0.134. The van der Waals surface area contributed by atoms with Crippen LogP contribution in [-0.4, -0.2) is 61.7 Å². The summed E-state index contributed by atoms with van der Waals surface area (Å²) in [4.78, 5) is 5.30. The molecule has 3 heteroatoms. The monoisotopic (exact) mass is 253 g/mol. The predicted octanol–water partition coefficient (Wildman–Crippen LogP) is 1.79. The van der Waals surface area contributed by atoms with Gasteiger partial charge in [-0.2, -0.15) is 0 Å². The molecule has 3 nitrogen and oxygen atoms in total. The maximum absolute atomic E-state index is 3.70. The van der Waals surface area contributed by atoms with Gasteiger partial charge >= 0.3 is 0 Å². The summed E-state index contributed by atoms with van der Waals surface area (Å²) < 4.78 is 0. The summed E-state index contributed by atoms with van der Waals surface area (Å²) in [5, 5.41) is 3.70. The number of likely N-dealkylation sites (tertiary alicyclic amines) is 2. The van der Waals surface area contributed by atoms with E-state index in [1.165, 1.54) is 71.5 Å². The molecule has 2 rings (SSSR count). The standard InChI is InChI=1S/C15H31N3/c1-3-7-16-15-6-10-18(13-14(15)2)12-11-17-8-4-5-9-17/h14-16H,3-13H2,1-2H3. The Labute approximate surface area is 113 Å². The Kier molecular flexibility index (Phi) is 5.93. The molecule has 2 unspecified atom stereocenters. The topological polar surface area (TPSA) is 18.5 Å². The molecule has 2 fully saturated rings. The van der Waals surface area contributed by atoms with Crippen LogP contribution in [0.5, 0.6) is 0 Å². The molecule has 0 spiro atoms. The zero-order valence-corrected chi connectivity index (χ0v) is 12.3. The fourth-order valence-electron chi connectivity index (χ4n) is 3.36. The van der Waals surface area contributed by atoms with E-state index in [2.05, 4.69) is 29.0 Å². The van der Waals surface area contributed by atoms with E-state index in [0.717, 1.165) is 12.0 Å². The van der Waals surface area contributed by atoms with E-state index in [9.17, 15) is 0 Å². The van der Waals surface area contributed by atoms with Gasteiger partial charge in [-0.1, -0.05) is 13.8 Å². The minimum absolute atomic E-state index is 0.757. The summed E-state index contributed by atoms with van der Waals surface area (Å²) in [7, 11) is 0. The highest BCUT2D eigenvalue weighted by atomic mass is 15.2. The highest BCUT2D eigenvalue weighted by molar-refractivity contribution is 4.83. The third kappa shape index (κ3) is 4.22. The summed E-state index contributed by atoms with van der Waals surface area (Å²) in [6.45, 7) is 13.7. The van der Waals surface area contributed by atoms with Gasteiger partial charge in [0.2, 0.25) is 0 Å². The van der Waals surface area contributed by atoms with Crippen LogP contribution in [-0.2, 0) is 0 Å². The van der Waals surface area contributed by atoms with Crippen LogP contribution < -0.4 is 5.32 Å². The summed E-state index contributed by atoms with van der Waals surface area (Å²) >= 11 is 0. The smallest absolute Gasteiger partial charge is 0.0117 e. The van der Waals surface area contributed by atoms with Crippen molar-refractivity contribution in [3.05, 3.63) is 0 Å². The molecule has 2 saturated heterocycles. The molecule has 0 aliphatic carbocycles. The van der Waals surface area contributed by atoms with Gasteiger partial charge < -0.3 is 15.1 Å². The molecule has 106 valence electrons. The zero-order chi connectivity index (χ0) is 12.8. The van der Waals surface area contributed by atoms with Crippen LogP contribution in [0.15, 0.2) is 0 Å². The number of nitrogens with zero attached hydrogens (tertiary/aromatic N) is 2. The Hall–Kier alpha value is -0.120. The summed E-state index contributed by atoms with van der Waals surface area (Å²) in [6.07, 6.45) is 5.42. The minimum atomic E-state index is 0.757. The van der Waals surface area contributed by atoms with Crippen molar-refractivity contribution in [2.75, 3.05) is 45.8 Å². The van der Waals surface area contributed by atoms with Crippen LogP contribution in [0.3, 0.4) is 0 Å². The molecule has 0 radical (unpaired) electrons. The molecule has 0 aromatic carbocycles. The molecular formula is C15H31N3. The van der Waals surface area contributed by atoms with Crippen LogP contribution in [0.25, 0.3) is 0 Å².